The third-order valence-electron chi connectivity index (χ3n) is 4.17. The van der Waals surface area contributed by atoms with Gasteiger partial charge in [-0.15, -0.1) is 0 Å². The summed E-state index contributed by atoms with van der Waals surface area (Å²) in [4.78, 5) is 12.0. The summed E-state index contributed by atoms with van der Waals surface area (Å²) < 4.78 is 0. The maximum absolute atomic E-state index is 12.0. The zero-order valence-corrected chi connectivity index (χ0v) is 10.4. The van der Waals surface area contributed by atoms with Gasteiger partial charge in [-0.05, 0) is 36.5 Å². The fourth-order valence-corrected chi connectivity index (χ4v) is 2.81. The molecule has 88 valence electrons. The molecule has 0 spiro atoms. The molecule has 1 nitrogen and oxygen atoms in total. The van der Waals surface area contributed by atoms with E-state index in [4.69, 9.17) is 0 Å². The van der Waals surface area contributed by atoms with E-state index in [0.29, 0.717) is 29.5 Å². The van der Waals surface area contributed by atoms with E-state index >= 15 is 0 Å². The Balaban J connectivity index is 1.80. The van der Waals surface area contributed by atoms with Crippen molar-refractivity contribution in [2.75, 3.05) is 0 Å². The standard InChI is InChI=1S/C15H22O/c1-11-5-3-7-13(11)9-15(16)10-14-8-4-6-12(14)2/h3-4,7-8,11-14H,5-6,9-10H2,1-2H3. The minimum atomic E-state index is 0.451. The molecule has 0 saturated heterocycles. The molecule has 0 amide bonds. The highest BCUT2D eigenvalue weighted by atomic mass is 16.1. The van der Waals surface area contributed by atoms with Crippen molar-refractivity contribution in [1.82, 2.24) is 0 Å². The molecule has 4 unspecified atom stereocenters. The van der Waals surface area contributed by atoms with Gasteiger partial charge in [0.25, 0.3) is 0 Å². The summed E-state index contributed by atoms with van der Waals surface area (Å²) >= 11 is 0. The van der Waals surface area contributed by atoms with Gasteiger partial charge in [-0.25, -0.2) is 0 Å². The van der Waals surface area contributed by atoms with Crippen molar-refractivity contribution in [3.63, 3.8) is 0 Å². The molecule has 0 saturated carbocycles. The maximum atomic E-state index is 12.0. The Bertz CT molecular complexity index is 283. The number of Topliss-reactive ketones (excluding diaryl/α,β-unsaturated/α-hetero) is 1. The summed E-state index contributed by atoms with van der Waals surface area (Å²) in [6, 6.07) is 0. The first-order chi connectivity index (χ1) is 7.66. The quantitative estimate of drug-likeness (QED) is 0.657. The molecule has 4 atom stereocenters. The summed E-state index contributed by atoms with van der Waals surface area (Å²) in [6.07, 6.45) is 12.7. The van der Waals surface area contributed by atoms with E-state index in [9.17, 15) is 4.79 Å². The molecule has 0 radical (unpaired) electrons. The lowest BCUT2D eigenvalue weighted by Crippen LogP contribution is -2.15. The van der Waals surface area contributed by atoms with Gasteiger partial charge in [-0.3, -0.25) is 4.79 Å². The zero-order chi connectivity index (χ0) is 11.5. The van der Waals surface area contributed by atoms with E-state index < -0.39 is 0 Å². The van der Waals surface area contributed by atoms with E-state index in [-0.39, 0.29) is 0 Å². The highest BCUT2D eigenvalue weighted by Crippen LogP contribution is 2.31. The third-order valence-corrected chi connectivity index (χ3v) is 4.17. The number of rotatable bonds is 4. The first-order valence-electron chi connectivity index (χ1n) is 6.52. The molecule has 1 heteroatoms. The Labute approximate surface area is 98.6 Å². The lowest BCUT2D eigenvalue weighted by molar-refractivity contribution is -0.120. The molecule has 0 aliphatic heterocycles. The van der Waals surface area contributed by atoms with Crippen LogP contribution in [0.1, 0.15) is 39.5 Å². The molecular formula is C15H22O. The number of carbonyl (C=O) groups excluding carboxylic acids is 1. The van der Waals surface area contributed by atoms with Crippen molar-refractivity contribution < 1.29 is 4.79 Å². The van der Waals surface area contributed by atoms with Crippen LogP contribution < -0.4 is 0 Å². The van der Waals surface area contributed by atoms with Gasteiger partial charge >= 0.3 is 0 Å². The lowest BCUT2D eigenvalue weighted by atomic mass is 9.87. The molecule has 2 aliphatic carbocycles. The fourth-order valence-electron chi connectivity index (χ4n) is 2.81. The van der Waals surface area contributed by atoms with Crippen LogP contribution in [0.25, 0.3) is 0 Å². The van der Waals surface area contributed by atoms with Crippen molar-refractivity contribution in [1.29, 1.82) is 0 Å². The van der Waals surface area contributed by atoms with Crippen molar-refractivity contribution >= 4 is 5.78 Å². The maximum Gasteiger partial charge on any atom is 0.134 e. The summed E-state index contributed by atoms with van der Waals surface area (Å²) in [7, 11) is 0. The Morgan fingerprint density at radius 3 is 1.75 bits per heavy atom. The topological polar surface area (TPSA) is 17.1 Å². The van der Waals surface area contributed by atoms with Crippen molar-refractivity contribution in [2.45, 2.75) is 39.5 Å². The van der Waals surface area contributed by atoms with Crippen LogP contribution in [-0.4, -0.2) is 5.78 Å². The summed E-state index contributed by atoms with van der Waals surface area (Å²) in [5, 5.41) is 0. The molecule has 2 aliphatic rings. The Kier molecular flexibility index (Phi) is 3.63. The van der Waals surface area contributed by atoms with Gasteiger partial charge in [0.2, 0.25) is 0 Å². The van der Waals surface area contributed by atoms with Gasteiger partial charge in [0, 0.05) is 12.8 Å². The van der Waals surface area contributed by atoms with Crippen LogP contribution in [0.3, 0.4) is 0 Å². The van der Waals surface area contributed by atoms with Gasteiger partial charge in [-0.2, -0.15) is 0 Å². The molecule has 0 aromatic rings. The molecule has 0 aromatic heterocycles. The number of allylic oxidation sites excluding steroid dienone is 4. The monoisotopic (exact) mass is 218 g/mol. The average molecular weight is 218 g/mol. The van der Waals surface area contributed by atoms with Crippen LogP contribution in [0.2, 0.25) is 0 Å². The molecular weight excluding hydrogens is 196 g/mol. The number of ketones is 1. The predicted octanol–water partition coefficient (Wildman–Crippen LogP) is 3.76. The summed E-state index contributed by atoms with van der Waals surface area (Å²) in [5.41, 5.74) is 0. The van der Waals surface area contributed by atoms with Gasteiger partial charge in [0.05, 0.1) is 0 Å². The van der Waals surface area contributed by atoms with E-state index in [1.165, 1.54) is 0 Å². The fraction of sp³-hybridized carbons (Fsp3) is 0.667. The zero-order valence-electron chi connectivity index (χ0n) is 10.4. The molecule has 0 bridgehead atoms. The lowest BCUT2D eigenvalue weighted by Gasteiger charge is -2.17. The van der Waals surface area contributed by atoms with Crippen LogP contribution in [0.5, 0.6) is 0 Å². The Morgan fingerprint density at radius 1 is 1.00 bits per heavy atom. The largest absolute Gasteiger partial charge is 0.300 e. The van der Waals surface area contributed by atoms with Crippen molar-refractivity contribution in [3.05, 3.63) is 24.3 Å². The smallest absolute Gasteiger partial charge is 0.134 e. The first-order valence-corrected chi connectivity index (χ1v) is 6.52. The predicted molar refractivity (Wildman–Crippen MR) is 67.1 cm³/mol. The summed E-state index contributed by atoms with van der Waals surface area (Å²) in [6.45, 7) is 4.49. The minimum absolute atomic E-state index is 0.451. The highest BCUT2D eigenvalue weighted by Gasteiger charge is 2.25. The minimum Gasteiger partial charge on any atom is -0.300 e. The average Bonchev–Trinajstić information content (AvgIpc) is 2.79. The van der Waals surface area contributed by atoms with Crippen molar-refractivity contribution in [3.8, 4) is 0 Å². The van der Waals surface area contributed by atoms with Crippen molar-refractivity contribution in [2.24, 2.45) is 23.7 Å². The van der Waals surface area contributed by atoms with E-state index in [1.807, 2.05) is 0 Å². The van der Waals surface area contributed by atoms with E-state index in [2.05, 4.69) is 38.2 Å². The second-order valence-corrected chi connectivity index (χ2v) is 5.56. The van der Waals surface area contributed by atoms with Crippen LogP contribution in [0, 0.1) is 23.7 Å². The highest BCUT2D eigenvalue weighted by molar-refractivity contribution is 5.79. The number of hydrogen-bond donors (Lipinski definition) is 0. The molecule has 0 N–H and O–H groups in total. The SMILES string of the molecule is CC1CC=CC1CC(=O)CC1C=CCC1C. The number of carbonyl (C=O) groups is 1. The van der Waals surface area contributed by atoms with Crippen LogP contribution >= 0.6 is 0 Å². The molecule has 0 heterocycles. The van der Waals surface area contributed by atoms with Gasteiger partial charge in [0.15, 0.2) is 0 Å². The van der Waals surface area contributed by atoms with Gasteiger partial charge < -0.3 is 0 Å². The van der Waals surface area contributed by atoms with Crippen LogP contribution in [0.4, 0.5) is 0 Å². The molecule has 0 fully saturated rings. The number of hydrogen-bond acceptors (Lipinski definition) is 1. The molecule has 2 rings (SSSR count). The first kappa shape index (κ1) is 11.6. The molecule has 16 heavy (non-hydrogen) atoms. The van der Waals surface area contributed by atoms with E-state index in [0.717, 1.165) is 25.7 Å². The van der Waals surface area contributed by atoms with Gasteiger partial charge in [-0.1, -0.05) is 38.2 Å². The molecule has 0 aromatic carbocycles. The third kappa shape index (κ3) is 2.63. The van der Waals surface area contributed by atoms with Gasteiger partial charge in [0.1, 0.15) is 5.78 Å². The Hall–Kier alpha value is -0.850. The Morgan fingerprint density at radius 2 is 1.44 bits per heavy atom. The second kappa shape index (κ2) is 4.99. The van der Waals surface area contributed by atoms with Crippen LogP contribution in [0.15, 0.2) is 24.3 Å². The second-order valence-electron chi connectivity index (χ2n) is 5.56. The normalized spacial score (nSPS) is 37.1. The van der Waals surface area contributed by atoms with Crippen LogP contribution in [-0.2, 0) is 4.79 Å². The van der Waals surface area contributed by atoms with E-state index in [1.54, 1.807) is 0 Å². The summed E-state index contributed by atoms with van der Waals surface area (Å²) in [5.74, 6) is 2.80.